The second-order valence-corrected chi connectivity index (χ2v) is 3.92. The quantitative estimate of drug-likeness (QED) is 0.750. The van der Waals surface area contributed by atoms with Gasteiger partial charge >= 0.3 is 0 Å². The molecule has 0 radical (unpaired) electrons. The van der Waals surface area contributed by atoms with Crippen molar-refractivity contribution in [3.8, 4) is 5.75 Å². The molecule has 1 aliphatic rings. The smallest absolute Gasteiger partial charge is 0.264 e. The van der Waals surface area contributed by atoms with Gasteiger partial charge in [-0.2, -0.15) is 0 Å². The predicted molar refractivity (Wildman–Crippen MR) is 59.7 cm³/mol. The summed E-state index contributed by atoms with van der Waals surface area (Å²) in [5, 5.41) is 0. The molecule has 84 valence electrons. The number of hydrogen-bond acceptors (Lipinski definition) is 3. The number of Topliss-reactive ketones (excluding diaryl/α,β-unsaturated/α-hetero) is 1. The van der Waals surface area contributed by atoms with Crippen LogP contribution in [0.5, 0.6) is 5.75 Å². The number of hydrogen-bond donors (Lipinski definition) is 0. The van der Waals surface area contributed by atoms with Gasteiger partial charge in [0.2, 0.25) is 0 Å². The Morgan fingerprint density at radius 3 is 2.94 bits per heavy atom. The summed E-state index contributed by atoms with van der Waals surface area (Å²) in [4.78, 5) is 23.9. The minimum atomic E-state index is -0.0631. The number of rotatable bonds is 2. The van der Waals surface area contributed by atoms with Crippen LogP contribution in [-0.2, 0) is 16.0 Å². The molecular weight excluding hydrogens is 206 g/mol. The van der Waals surface area contributed by atoms with Gasteiger partial charge in [-0.25, -0.2) is 0 Å². The highest BCUT2D eigenvalue weighted by Crippen LogP contribution is 2.31. The van der Waals surface area contributed by atoms with Gasteiger partial charge in [0.25, 0.3) is 5.91 Å². The monoisotopic (exact) mass is 219 g/mol. The minimum absolute atomic E-state index is 0.0625. The highest BCUT2D eigenvalue weighted by Gasteiger charge is 2.22. The first kappa shape index (κ1) is 10.7. The summed E-state index contributed by atoms with van der Waals surface area (Å²) in [7, 11) is 1.72. The van der Waals surface area contributed by atoms with Gasteiger partial charge in [-0.05, 0) is 24.6 Å². The fourth-order valence-electron chi connectivity index (χ4n) is 1.72. The van der Waals surface area contributed by atoms with Crippen LogP contribution in [0.2, 0.25) is 0 Å². The van der Waals surface area contributed by atoms with Gasteiger partial charge in [0, 0.05) is 13.5 Å². The standard InChI is InChI=1S/C12H13NO3/c1-8(14)5-9-3-4-10-11(6-9)16-7-12(15)13(10)2/h3-4,6H,5,7H2,1-2H3. The molecule has 4 heteroatoms. The molecule has 0 atom stereocenters. The van der Waals surface area contributed by atoms with E-state index in [1.165, 1.54) is 0 Å². The number of anilines is 1. The third-order valence-corrected chi connectivity index (χ3v) is 2.56. The Bertz CT molecular complexity index is 454. The largest absolute Gasteiger partial charge is 0.482 e. The molecule has 0 N–H and O–H groups in total. The summed E-state index contributed by atoms with van der Waals surface area (Å²) >= 11 is 0. The minimum Gasteiger partial charge on any atom is -0.482 e. The van der Waals surface area contributed by atoms with Crippen molar-refractivity contribution < 1.29 is 14.3 Å². The lowest BCUT2D eigenvalue weighted by molar-refractivity contribution is -0.121. The van der Waals surface area contributed by atoms with Gasteiger partial charge in [0.15, 0.2) is 6.61 Å². The third-order valence-electron chi connectivity index (χ3n) is 2.56. The van der Waals surface area contributed by atoms with Crippen molar-refractivity contribution in [1.29, 1.82) is 0 Å². The topological polar surface area (TPSA) is 46.6 Å². The van der Waals surface area contributed by atoms with Gasteiger partial charge < -0.3 is 9.64 Å². The highest BCUT2D eigenvalue weighted by molar-refractivity contribution is 5.97. The number of amides is 1. The lowest BCUT2D eigenvalue weighted by atomic mass is 10.1. The average molecular weight is 219 g/mol. The lowest BCUT2D eigenvalue weighted by Crippen LogP contribution is -2.35. The van der Waals surface area contributed by atoms with Gasteiger partial charge in [0.05, 0.1) is 5.69 Å². The molecule has 1 aliphatic heterocycles. The number of fused-ring (bicyclic) bond motifs is 1. The van der Waals surface area contributed by atoms with Crippen molar-refractivity contribution in [2.24, 2.45) is 0 Å². The van der Waals surface area contributed by atoms with Gasteiger partial charge in [-0.15, -0.1) is 0 Å². The highest BCUT2D eigenvalue weighted by atomic mass is 16.5. The summed E-state index contributed by atoms with van der Waals surface area (Å²) in [6.45, 7) is 1.61. The molecule has 0 aromatic heterocycles. The Hall–Kier alpha value is -1.84. The first-order valence-corrected chi connectivity index (χ1v) is 5.09. The normalized spacial score (nSPS) is 14.4. The van der Waals surface area contributed by atoms with E-state index in [0.717, 1.165) is 11.3 Å². The van der Waals surface area contributed by atoms with Crippen LogP contribution in [0.15, 0.2) is 18.2 Å². The molecular formula is C12H13NO3. The Kier molecular flexibility index (Phi) is 2.64. The molecule has 0 bridgehead atoms. The summed E-state index contributed by atoms with van der Waals surface area (Å²) in [6, 6.07) is 5.48. The Labute approximate surface area is 93.8 Å². The molecule has 2 rings (SSSR count). The summed E-state index contributed by atoms with van der Waals surface area (Å²) in [6.07, 6.45) is 0.397. The van der Waals surface area contributed by atoms with Gasteiger partial charge in [-0.1, -0.05) is 6.07 Å². The Balaban J connectivity index is 2.33. The number of benzene rings is 1. The first-order valence-electron chi connectivity index (χ1n) is 5.09. The van der Waals surface area contributed by atoms with Crippen LogP contribution >= 0.6 is 0 Å². The van der Waals surface area contributed by atoms with Crippen molar-refractivity contribution in [3.05, 3.63) is 23.8 Å². The number of ketones is 1. The molecule has 0 fully saturated rings. The zero-order valence-corrected chi connectivity index (χ0v) is 9.32. The second-order valence-electron chi connectivity index (χ2n) is 3.92. The molecule has 0 saturated heterocycles. The van der Waals surface area contributed by atoms with Crippen LogP contribution in [0.4, 0.5) is 5.69 Å². The third kappa shape index (κ3) is 1.91. The van der Waals surface area contributed by atoms with E-state index in [4.69, 9.17) is 4.74 Å². The predicted octanol–water partition coefficient (Wildman–Crippen LogP) is 1.17. The SMILES string of the molecule is CC(=O)Cc1ccc2c(c1)OCC(=O)N2C. The molecule has 0 spiro atoms. The molecule has 4 nitrogen and oxygen atoms in total. The summed E-state index contributed by atoms with van der Waals surface area (Å²) in [5.74, 6) is 0.716. The Morgan fingerprint density at radius 1 is 1.50 bits per heavy atom. The number of carbonyl (C=O) groups is 2. The number of carbonyl (C=O) groups excluding carboxylic acids is 2. The van der Waals surface area contributed by atoms with Gasteiger partial charge in [-0.3, -0.25) is 9.59 Å². The summed E-state index contributed by atoms with van der Waals surface area (Å²) in [5.41, 5.74) is 1.66. The maximum atomic E-state index is 11.4. The molecule has 0 unspecified atom stereocenters. The zero-order chi connectivity index (χ0) is 11.7. The van der Waals surface area contributed by atoms with Crippen LogP contribution in [-0.4, -0.2) is 25.3 Å². The van der Waals surface area contributed by atoms with Crippen molar-refractivity contribution in [1.82, 2.24) is 0 Å². The van der Waals surface area contributed by atoms with E-state index in [0.29, 0.717) is 12.2 Å². The van der Waals surface area contributed by atoms with Crippen LogP contribution in [0, 0.1) is 0 Å². The fraction of sp³-hybridized carbons (Fsp3) is 0.333. The number of likely N-dealkylation sites (N-methyl/N-ethyl adjacent to an activating group) is 1. The molecule has 16 heavy (non-hydrogen) atoms. The molecule has 1 heterocycles. The van der Waals surface area contributed by atoms with Crippen LogP contribution in [0.3, 0.4) is 0 Å². The average Bonchev–Trinajstić information content (AvgIpc) is 2.23. The Morgan fingerprint density at radius 2 is 2.25 bits per heavy atom. The van der Waals surface area contributed by atoms with Crippen LogP contribution < -0.4 is 9.64 Å². The van der Waals surface area contributed by atoms with Crippen LogP contribution in [0.1, 0.15) is 12.5 Å². The number of ether oxygens (including phenoxy) is 1. The van der Waals surface area contributed by atoms with Crippen molar-refractivity contribution in [2.45, 2.75) is 13.3 Å². The van der Waals surface area contributed by atoms with Crippen LogP contribution in [0.25, 0.3) is 0 Å². The number of nitrogens with zero attached hydrogens (tertiary/aromatic N) is 1. The van der Waals surface area contributed by atoms with E-state index in [-0.39, 0.29) is 18.3 Å². The van der Waals surface area contributed by atoms with E-state index < -0.39 is 0 Å². The lowest BCUT2D eigenvalue weighted by Gasteiger charge is -2.26. The van der Waals surface area contributed by atoms with E-state index in [9.17, 15) is 9.59 Å². The zero-order valence-electron chi connectivity index (χ0n) is 9.32. The maximum Gasteiger partial charge on any atom is 0.264 e. The summed E-state index contributed by atoms with van der Waals surface area (Å²) < 4.78 is 5.33. The fourth-order valence-corrected chi connectivity index (χ4v) is 1.72. The van der Waals surface area contributed by atoms with E-state index >= 15 is 0 Å². The second kappa shape index (κ2) is 3.96. The van der Waals surface area contributed by atoms with Crippen molar-refractivity contribution >= 4 is 17.4 Å². The molecule has 1 aromatic rings. The van der Waals surface area contributed by atoms with Gasteiger partial charge in [0.1, 0.15) is 11.5 Å². The molecule has 1 amide bonds. The molecule has 1 aromatic carbocycles. The molecule has 0 saturated carbocycles. The maximum absolute atomic E-state index is 11.4. The van der Waals surface area contributed by atoms with E-state index in [2.05, 4.69) is 0 Å². The van der Waals surface area contributed by atoms with Crippen molar-refractivity contribution in [3.63, 3.8) is 0 Å². The van der Waals surface area contributed by atoms with E-state index in [1.54, 1.807) is 18.9 Å². The van der Waals surface area contributed by atoms with E-state index in [1.807, 2.05) is 18.2 Å². The van der Waals surface area contributed by atoms with Crippen molar-refractivity contribution in [2.75, 3.05) is 18.6 Å². The molecule has 0 aliphatic carbocycles. The first-order chi connectivity index (χ1) is 7.58.